The van der Waals surface area contributed by atoms with Crippen LogP contribution in [0.4, 0.5) is 21.8 Å². The van der Waals surface area contributed by atoms with Gasteiger partial charge in [0, 0.05) is 62.3 Å². The number of anilines is 3. The van der Waals surface area contributed by atoms with Crippen LogP contribution >= 0.6 is 0 Å². The lowest BCUT2D eigenvalue weighted by Gasteiger charge is -2.36. The zero-order valence-electron chi connectivity index (χ0n) is 27.5. The third-order valence-electron chi connectivity index (χ3n) is 9.92. The molecule has 3 fully saturated rings. The quantitative estimate of drug-likeness (QED) is 0.207. The molecule has 6 heterocycles. The Kier molecular flexibility index (Phi) is 8.88. The second-order valence-corrected chi connectivity index (χ2v) is 13.1. The molecule has 0 spiro atoms. The van der Waals surface area contributed by atoms with E-state index in [0.29, 0.717) is 65.7 Å². The number of fused-ring (bicyclic) bond motifs is 1. The van der Waals surface area contributed by atoms with Crippen LogP contribution in [0.15, 0.2) is 41.6 Å². The molecule has 1 saturated carbocycles. The average molecular weight is 668 g/mol. The first kappa shape index (κ1) is 32.4. The number of piperazine rings is 1. The van der Waals surface area contributed by atoms with Gasteiger partial charge < -0.3 is 10.2 Å². The van der Waals surface area contributed by atoms with Crippen molar-refractivity contribution in [2.24, 2.45) is 0 Å². The summed E-state index contributed by atoms with van der Waals surface area (Å²) in [5.41, 5.74) is 2.93. The molecule has 0 radical (unpaired) electrons. The van der Waals surface area contributed by atoms with E-state index in [1.165, 1.54) is 6.92 Å². The number of nitrogens with zero attached hydrogens (tertiary/aromatic N) is 7. The minimum absolute atomic E-state index is 0.00615. The molecule has 0 aromatic carbocycles. The lowest BCUT2D eigenvalue weighted by atomic mass is 9.93. The van der Waals surface area contributed by atoms with E-state index in [2.05, 4.69) is 35.4 Å². The van der Waals surface area contributed by atoms with Crippen LogP contribution in [-0.2, 0) is 16.1 Å². The summed E-state index contributed by atoms with van der Waals surface area (Å²) >= 11 is 0. The predicted molar refractivity (Wildman–Crippen MR) is 180 cm³/mol. The van der Waals surface area contributed by atoms with E-state index in [1.807, 2.05) is 12.1 Å². The fourth-order valence-electron chi connectivity index (χ4n) is 7.26. The molecule has 2 aliphatic heterocycles. The molecule has 1 atom stereocenters. The second-order valence-electron chi connectivity index (χ2n) is 13.1. The number of hydrogen-bond donors (Lipinski definition) is 2. The lowest BCUT2D eigenvalue weighted by Crippen LogP contribution is -2.46. The number of aromatic nitrogens is 5. The zero-order valence-corrected chi connectivity index (χ0v) is 27.5. The number of piperidine rings is 1. The Balaban J connectivity index is 1.01. The summed E-state index contributed by atoms with van der Waals surface area (Å²) in [4.78, 5) is 72.1. The monoisotopic (exact) mass is 667 g/mol. The predicted octanol–water partition coefficient (Wildman–Crippen LogP) is 3.93. The fraction of sp³-hybridized carbons (Fsp3) is 0.429. The van der Waals surface area contributed by atoms with E-state index in [4.69, 9.17) is 4.98 Å². The van der Waals surface area contributed by atoms with Gasteiger partial charge in [-0.1, -0.05) is 12.8 Å². The summed E-state index contributed by atoms with van der Waals surface area (Å²) in [6.45, 7) is 6.42. The third kappa shape index (κ3) is 6.52. The Bertz CT molecular complexity index is 2000. The topological polar surface area (TPSA) is 155 Å². The van der Waals surface area contributed by atoms with Gasteiger partial charge in [0.25, 0.3) is 5.56 Å². The molecule has 7 rings (SSSR count). The van der Waals surface area contributed by atoms with Gasteiger partial charge in [-0.3, -0.25) is 38.9 Å². The zero-order chi connectivity index (χ0) is 34.2. The van der Waals surface area contributed by atoms with Crippen LogP contribution in [0.2, 0.25) is 0 Å². The molecular formula is C35H38FN9O4. The standard InChI is InChI=1S/C35H38FN9O4/c1-20-26-17-39-35(42-32(26)45(23-5-3-4-6-23)34(49)31(20)21(2)46)40-29-9-7-24(16-38-29)44-13-11-43(12-14-44)19-22-15-28(37-18-27(22)36)25-8-10-30(47)41-33(25)48/h7,9,15-18,23,25H,3-6,8,10-14,19H2,1-2H3,(H,41,47,48)(H,38,39,40,42). The number of Topliss-reactive ketones (excluding diaryl/α,β-unsaturated/α-hetero) is 1. The van der Waals surface area contributed by atoms with Gasteiger partial charge in [-0.15, -0.1) is 0 Å². The van der Waals surface area contributed by atoms with Gasteiger partial charge in [0.15, 0.2) is 5.78 Å². The first-order valence-electron chi connectivity index (χ1n) is 16.8. The molecule has 14 heteroatoms. The molecule has 4 aromatic rings. The first-order valence-corrected chi connectivity index (χ1v) is 16.8. The van der Waals surface area contributed by atoms with Crippen molar-refractivity contribution in [3.05, 3.63) is 75.3 Å². The third-order valence-corrected chi connectivity index (χ3v) is 9.92. The maximum Gasteiger partial charge on any atom is 0.263 e. The van der Waals surface area contributed by atoms with Crippen molar-refractivity contribution < 1.29 is 18.8 Å². The van der Waals surface area contributed by atoms with Crippen molar-refractivity contribution in [2.45, 2.75) is 70.9 Å². The highest BCUT2D eigenvalue weighted by Crippen LogP contribution is 2.32. The molecular weight excluding hydrogens is 629 g/mol. The van der Waals surface area contributed by atoms with E-state index in [-0.39, 0.29) is 41.2 Å². The van der Waals surface area contributed by atoms with Crippen molar-refractivity contribution in [2.75, 3.05) is 36.4 Å². The second kappa shape index (κ2) is 13.4. The van der Waals surface area contributed by atoms with E-state index < -0.39 is 11.7 Å². The number of carbonyl (C=O) groups excluding carboxylic acids is 3. The van der Waals surface area contributed by atoms with Crippen LogP contribution in [0.5, 0.6) is 0 Å². The number of imide groups is 1. The van der Waals surface area contributed by atoms with Gasteiger partial charge in [0.05, 0.1) is 35.3 Å². The molecule has 3 aliphatic rings. The van der Waals surface area contributed by atoms with Crippen LogP contribution < -0.4 is 21.1 Å². The summed E-state index contributed by atoms with van der Waals surface area (Å²) < 4.78 is 16.4. The van der Waals surface area contributed by atoms with Gasteiger partial charge in [0.2, 0.25) is 17.8 Å². The van der Waals surface area contributed by atoms with Crippen LogP contribution in [0.25, 0.3) is 11.0 Å². The molecule has 4 aromatic heterocycles. The van der Waals surface area contributed by atoms with Crippen LogP contribution in [-0.4, -0.2) is 73.2 Å². The maximum absolute atomic E-state index is 14.7. The Morgan fingerprint density at radius 2 is 1.78 bits per heavy atom. The molecule has 13 nitrogen and oxygen atoms in total. The van der Waals surface area contributed by atoms with Crippen LogP contribution in [0.1, 0.15) is 84.6 Å². The molecule has 2 saturated heterocycles. The number of nitrogens with one attached hydrogen (secondary N) is 2. The Morgan fingerprint density at radius 3 is 2.47 bits per heavy atom. The number of ketones is 1. The summed E-state index contributed by atoms with van der Waals surface area (Å²) in [5.74, 6) is -1.06. The highest BCUT2D eigenvalue weighted by molar-refractivity contribution is 6.01. The van der Waals surface area contributed by atoms with Gasteiger partial charge in [-0.25, -0.2) is 14.4 Å². The Labute approximate surface area is 282 Å². The number of halogens is 1. The number of rotatable bonds is 8. The number of hydrogen-bond acceptors (Lipinski definition) is 11. The van der Waals surface area contributed by atoms with E-state index in [1.54, 1.807) is 30.0 Å². The normalized spacial score (nSPS) is 19.0. The van der Waals surface area contributed by atoms with Crippen molar-refractivity contribution in [1.29, 1.82) is 0 Å². The fourth-order valence-corrected chi connectivity index (χ4v) is 7.26. The first-order chi connectivity index (χ1) is 23.7. The molecule has 1 aliphatic carbocycles. The lowest BCUT2D eigenvalue weighted by molar-refractivity contribution is -0.134. The summed E-state index contributed by atoms with van der Waals surface area (Å²) in [6.07, 6.45) is 9.00. The number of carbonyl (C=O) groups is 3. The van der Waals surface area contributed by atoms with Gasteiger partial charge in [-0.05, 0) is 56.9 Å². The molecule has 2 amide bonds. The van der Waals surface area contributed by atoms with Crippen LogP contribution in [0.3, 0.4) is 0 Å². The van der Waals surface area contributed by atoms with Crippen molar-refractivity contribution in [3.63, 3.8) is 0 Å². The number of amides is 2. The van der Waals surface area contributed by atoms with Crippen molar-refractivity contribution in [3.8, 4) is 0 Å². The van der Waals surface area contributed by atoms with Gasteiger partial charge in [-0.2, -0.15) is 4.98 Å². The molecule has 0 bridgehead atoms. The highest BCUT2D eigenvalue weighted by Gasteiger charge is 2.30. The maximum atomic E-state index is 14.7. The van der Waals surface area contributed by atoms with E-state index in [9.17, 15) is 23.6 Å². The Morgan fingerprint density at radius 1 is 1.00 bits per heavy atom. The minimum Gasteiger partial charge on any atom is -0.368 e. The van der Waals surface area contributed by atoms with Crippen LogP contribution in [0, 0.1) is 12.7 Å². The summed E-state index contributed by atoms with van der Waals surface area (Å²) in [7, 11) is 0. The SMILES string of the molecule is CC(=O)c1c(C)c2cnc(Nc3ccc(N4CCN(Cc5cc(C6CCC(=O)NC6=O)ncc5F)CC4)cn3)nc2n(C2CCCC2)c1=O. The van der Waals surface area contributed by atoms with E-state index in [0.717, 1.165) is 50.7 Å². The molecule has 254 valence electrons. The number of pyridine rings is 3. The molecule has 1 unspecified atom stereocenters. The average Bonchev–Trinajstić information content (AvgIpc) is 3.61. The molecule has 2 N–H and O–H groups in total. The smallest absolute Gasteiger partial charge is 0.263 e. The molecule has 49 heavy (non-hydrogen) atoms. The van der Waals surface area contributed by atoms with Gasteiger partial charge >= 0.3 is 0 Å². The Hall–Kier alpha value is -5.11. The summed E-state index contributed by atoms with van der Waals surface area (Å²) in [6, 6.07) is 5.47. The number of aryl methyl sites for hydroxylation is 1. The largest absolute Gasteiger partial charge is 0.368 e. The summed E-state index contributed by atoms with van der Waals surface area (Å²) in [5, 5.41) is 6.20. The van der Waals surface area contributed by atoms with E-state index >= 15 is 0 Å². The van der Waals surface area contributed by atoms with Gasteiger partial charge in [0.1, 0.15) is 17.3 Å². The highest BCUT2D eigenvalue weighted by atomic mass is 19.1. The van der Waals surface area contributed by atoms with Crippen molar-refractivity contribution >= 4 is 46.1 Å². The van der Waals surface area contributed by atoms with Crippen molar-refractivity contribution in [1.82, 2.24) is 34.7 Å². The minimum atomic E-state index is -0.559.